The van der Waals surface area contributed by atoms with E-state index < -0.39 is 45.2 Å². The van der Waals surface area contributed by atoms with Crippen molar-refractivity contribution < 1.29 is 22.7 Å². The lowest BCUT2D eigenvalue weighted by Crippen LogP contribution is -2.37. The van der Waals surface area contributed by atoms with Gasteiger partial charge < -0.3 is 20.4 Å². The highest BCUT2D eigenvalue weighted by Gasteiger charge is 2.30. The molecule has 0 aliphatic heterocycles. The summed E-state index contributed by atoms with van der Waals surface area (Å²) in [6, 6.07) is 5.75. The Balaban J connectivity index is 2.83. The summed E-state index contributed by atoms with van der Waals surface area (Å²) < 4.78 is 24.3. The van der Waals surface area contributed by atoms with Gasteiger partial charge in [-0.3, -0.25) is 4.79 Å². The lowest BCUT2D eigenvalue weighted by Gasteiger charge is -2.18. The minimum absolute atomic E-state index is 0.0515. The lowest BCUT2D eigenvalue weighted by atomic mass is 10.2. The molecule has 2 aromatic rings. The monoisotopic (exact) mass is 341 g/mol. The Morgan fingerprint density at radius 2 is 2.04 bits per heavy atom. The zero-order valence-corrected chi connectivity index (χ0v) is 13.0. The summed E-state index contributed by atoms with van der Waals surface area (Å²) in [5.74, 6) is -2.27. The Morgan fingerprint density at radius 1 is 1.39 bits per heavy atom. The second-order valence-corrected chi connectivity index (χ2v) is 6.95. The van der Waals surface area contributed by atoms with Gasteiger partial charge in [-0.15, -0.1) is 0 Å². The summed E-state index contributed by atoms with van der Waals surface area (Å²) in [6.45, 7) is -0.624. The normalized spacial score (nSPS) is 11.6. The molecule has 1 heterocycles. The van der Waals surface area contributed by atoms with Gasteiger partial charge in [-0.1, -0.05) is 12.1 Å². The number of nitrogens with one attached hydrogen (secondary N) is 1. The van der Waals surface area contributed by atoms with Crippen LogP contribution in [0.5, 0.6) is 0 Å². The number of aliphatic hydroxyl groups is 1. The molecule has 1 aromatic heterocycles. The van der Waals surface area contributed by atoms with Gasteiger partial charge in [0, 0.05) is 18.0 Å². The van der Waals surface area contributed by atoms with Gasteiger partial charge in [0.2, 0.25) is 0 Å². The Hall–Kier alpha value is -2.46. The fourth-order valence-corrected chi connectivity index (χ4v) is 3.27. The molecule has 0 spiro atoms. The van der Waals surface area contributed by atoms with Crippen LogP contribution in [0.1, 0.15) is 16.2 Å². The number of carbonyl (C=O) groups excluding carboxylic acids is 1. The summed E-state index contributed by atoms with van der Waals surface area (Å²) in [4.78, 5) is 24.4. The number of fused-ring (bicyclic) bond motifs is 1. The fourth-order valence-electron chi connectivity index (χ4n) is 2.18. The molecular weight excluding hydrogens is 326 g/mol. The van der Waals surface area contributed by atoms with Crippen LogP contribution in [0.2, 0.25) is 0 Å². The van der Waals surface area contributed by atoms with Crippen LogP contribution in [0.25, 0.3) is 11.0 Å². The van der Waals surface area contributed by atoms with E-state index in [4.69, 9.17) is 5.11 Å². The number of rotatable bonds is 5. The van der Waals surface area contributed by atoms with E-state index in [0.717, 1.165) is 0 Å². The number of para-hydroxylation sites is 2. The number of hydrogen-bond donors (Lipinski definition) is 2. The maximum atomic E-state index is 12.5. The van der Waals surface area contributed by atoms with Crippen molar-refractivity contribution in [2.45, 2.75) is 5.75 Å². The van der Waals surface area contributed by atoms with Crippen LogP contribution in [0.3, 0.4) is 0 Å². The standard InChI is InChI=1S/C13H15N3O6S/c1-14-13(18)12-11(8-23(21,22)7-6-17)15(19)9-4-2-3-5-10(9)16(12)20/h2-5,17H,6-8H2,1H3,(H,14,18). The third-order valence-electron chi connectivity index (χ3n) is 3.24. The zero-order chi connectivity index (χ0) is 17.2. The second-order valence-electron chi connectivity index (χ2n) is 4.77. The van der Waals surface area contributed by atoms with Crippen molar-refractivity contribution in [1.29, 1.82) is 0 Å². The van der Waals surface area contributed by atoms with Gasteiger partial charge in [0.15, 0.2) is 9.84 Å². The van der Waals surface area contributed by atoms with Gasteiger partial charge in [-0.2, -0.15) is 0 Å². The number of benzene rings is 1. The number of sulfone groups is 1. The first-order chi connectivity index (χ1) is 10.8. The lowest BCUT2D eigenvalue weighted by molar-refractivity contribution is -0.468. The predicted octanol–water partition coefficient (Wildman–Crippen LogP) is -0.832. The van der Waals surface area contributed by atoms with E-state index in [1.807, 2.05) is 0 Å². The Morgan fingerprint density at radius 3 is 2.65 bits per heavy atom. The molecule has 23 heavy (non-hydrogen) atoms. The second kappa shape index (κ2) is 6.34. The minimum Gasteiger partial charge on any atom is -0.805 e. The molecule has 0 aliphatic carbocycles. The molecule has 1 aromatic carbocycles. The SMILES string of the molecule is CNC(=O)c1c(CS(=O)(=O)CCO)n([O-])c2ccccc2[n+]1=O. The van der Waals surface area contributed by atoms with Crippen molar-refractivity contribution in [3.05, 3.63) is 45.8 Å². The molecule has 2 rings (SSSR count). The zero-order valence-electron chi connectivity index (χ0n) is 12.2. The van der Waals surface area contributed by atoms with Gasteiger partial charge in [0.05, 0.1) is 22.5 Å². The van der Waals surface area contributed by atoms with Crippen LogP contribution in [-0.2, 0) is 15.6 Å². The maximum Gasteiger partial charge on any atom is 0.347 e. The molecular formula is C13H15N3O6S. The topological polar surface area (TPSA) is 134 Å². The van der Waals surface area contributed by atoms with Gasteiger partial charge in [-0.05, 0) is 6.07 Å². The molecule has 124 valence electrons. The van der Waals surface area contributed by atoms with Crippen LogP contribution in [0.4, 0.5) is 0 Å². The quantitative estimate of drug-likeness (QED) is 0.682. The third-order valence-corrected chi connectivity index (χ3v) is 4.76. The summed E-state index contributed by atoms with van der Waals surface area (Å²) in [7, 11) is -2.60. The summed E-state index contributed by atoms with van der Waals surface area (Å²) in [5, 5.41) is 23.5. The van der Waals surface area contributed by atoms with E-state index in [1.165, 1.54) is 31.3 Å². The van der Waals surface area contributed by atoms with Gasteiger partial charge >= 0.3 is 11.6 Å². The van der Waals surface area contributed by atoms with Crippen molar-refractivity contribution >= 4 is 26.8 Å². The average Bonchev–Trinajstić information content (AvgIpc) is 2.51. The molecule has 2 N–H and O–H groups in total. The van der Waals surface area contributed by atoms with Crippen molar-refractivity contribution in [2.24, 2.45) is 0 Å². The molecule has 0 saturated heterocycles. The highest BCUT2D eigenvalue weighted by molar-refractivity contribution is 7.90. The minimum atomic E-state index is -3.86. The van der Waals surface area contributed by atoms with E-state index in [0.29, 0.717) is 0 Å². The smallest absolute Gasteiger partial charge is 0.347 e. The third kappa shape index (κ3) is 3.17. The number of carbonyl (C=O) groups is 1. The number of hydrogen-bond acceptors (Lipinski definition) is 6. The number of amides is 1. The maximum absolute atomic E-state index is 12.5. The van der Waals surface area contributed by atoms with Crippen molar-refractivity contribution in [2.75, 3.05) is 19.4 Å². The van der Waals surface area contributed by atoms with E-state index in [9.17, 15) is 23.3 Å². The number of nitrogens with zero attached hydrogens (tertiary/aromatic N) is 2. The van der Waals surface area contributed by atoms with E-state index in [-0.39, 0.29) is 20.2 Å². The molecule has 9 nitrogen and oxygen atoms in total. The van der Waals surface area contributed by atoms with Crippen LogP contribution >= 0.6 is 0 Å². The Labute approximate surface area is 131 Å². The molecule has 0 bridgehead atoms. The fraction of sp³-hybridized carbons (Fsp3) is 0.308. The van der Waals surface area contributed by atoms with E-state index in [2.05, 4.69) is 5.32 Å². The van der Waals surface area contributed by atoms with Crippen LogP contribution < -0.4 is 9.74 Å². The van der Waals surface area contributed by atoms with Crippen LogP contribution in [0.15, 0.2) is 24.3 Å². The molecule has 1 amide bonds. The van der Waals surface area contributed by atoms with Crippen LogP contribution in [-0.4, -0.2) is 43.6 Å². The van der Waals surface area contributed by atoms with E-state index in [1.54, 1.807) is 0 Å². The van der Waals surface area contributed by atoms with Gasteiger partial charge in [-0.25, -0.2) is 8.42 Å². The number of aromatic nitrogens is 2. The average molecular weight is 341 g/mol. The Bertz CT molecular complexity index is 919. The summed E-state index contributed by atoms with van der Waals surface area (Å²) >= 11 is 0. The highest BCUT2D eigenvalue weighted by atomic mass is 32.2. The first-order valence-electron chi connectivity index (χ1n) is 6.62. The summed E-state index contributed by atoms with van der Waals surface area (Å²) in [5.41, 5.74) is -1.16. The first kappa shape index (κ1) is 16.9. The molecule has 0 aliphatic rings. The molecule has 0 fully saturated rings. The van der Waals surface area contributed by atoms with E-state index >= 15 is 0 Å². The van der Waals surface area contributed by atoms with Crippen molar-refractivity contribution in [3.63, 3.8) is 0 Å². The summed E-state index contributed by atoms with van der Waals surface area (Å²) in [6.07, 6.45) is 0. The van der Waals surface area contributed by atoms with Crippen LogP contribution in [0, 0.1) is 10.1 Å². The highest BCUT2D eigenvalue weighted by Crippen LogP contribution is 2.17. The van der Waals surface area contributed by atoms with Crippen molar-refractivity contribution in [1.82, 2.24) is 10.0 Å². The van der Waals surface area contributed by atoms with Crippen molar-refractivity contribution in [3.8, 4) is 0 Å². The number of aliphatic hydroxyl groups excluding tert-OH is 1. The molecule has 0 unspecified atom stereocenters. The molecule has 0 radical (unpaired) electrons. The molecule has 10 heteroatoms. The Kier molecular flexibility index (Phi) is 4.66. The molecule has 0 saturated carbocycles. The first-order valence-corrected chi connectivity index (χ1v) is 8.44. The van der Waals surface area contributed by atoms with Gasteiger partial charge in [0.25, 0.3) is 5.52 Å². The van der Waals surface area contributed by atoms with Gasteiger partial charge in [0.1, 0.15) is 11.2 Å². The predicted molar refractivity (Wildman–Crippen MR) is 82.0 cm³/mol. The largest absolute Gasteiger partial charge is 0.805 e. The molecule has 0 atom stereocenters.